The van der Waals surface area contributed by atoms with Gasteiger partial charge in [0.1, 0.15) is 12.6 Å². The van der Waals surface area contributed by atoms with Crippen LogP contribution >= 0.6 is 0 Å². The first-order valence-electron chi connectivity index (χ1n) is 10.4. The average Bonchev–Trinajstić information content (AvgIpc) is 3.25. The number of nitrogens with zero attached hydrogens (tertiary/aromatic N) is 1. The number of ether oxygens (including phenoxy) is 1. The highest BCUT2D eigenvalue weighted by Crippen LogP contribution is 2.33. The summed E-state index contributed by atoms with van der Waals surface area (Å²) in [5.74, 6) is -1.03. The summed E-state index contributed by atoms with van der Waals surface area (Å²) in [5.41, 5.74) is 4.35. The summed E-state index contributed by atoms with van der Waals surface area (Å²) in [6, 6.07) is 27.0. The molecule has 1 saturated heterocycles. The number of hydrogen-bond donors (Lipinski definition) is 1. The summed E-state index contributed by atoms with van der Waals surface area (Å²) < 4.78 is 5.39. The van der Waals surface area contributed by atoms with Crippen molar-refractivity contribution in [3.63, 3.8) is 0 Å². The van der Waals surface area contributed by atoms with Crippen molar-refractivity contribution >= 4 is 12.1 Å². The van der Waals surface area contributed by atoms with Crippen molar-refractivity contribution in [1.29, 1.82) is 0 Å². The second kappa shape index (κ2) is 9.47. The first-order chi connectivity index (χ1) is 15.1. The number of carbonyl (C=O) groups excluding carboxylic acids is 1. The van der Waals surface area contributed by atoms with Gasteiger partial charge in [-0.25, -0.2) is 9.59 Å². The van der Waals surface area contributed by atoms with E-state index in [1.807, 2.05) is 60.7 Å². The van der Waals surface area contributed by atoms with E-state index in [2.05, 4.69) is 24.3 Å². The maximum Gasteiger partial charge on any atom is 0.410 e. The molecule has 0 radical (unpaired) electrons. The molecule has 0 aliphatic carbocycles. The maximum atomic E-state index is 12.6. The van der Waals surface area contributed by atoms with Gasteiger partial charge in [0, 0.05) is 12.5 Å². The van der Waals surface area contributed by atoms with Gasteiger partial charge in [-0.2, -0.15) is 0 Å². The Labute approximate surface area is 181 Å². The Morgan fingerprint density at radius 2 is 1.42 bits per heavy atom. The third-order valence-corrected chi connectivity index (χ3v) is 5.73. The molecule has 1 fully saturated rings. The molecule has 0 aromatic heterocycles. The van der Waals surface area contributed by atoms with Gasteiger partial charge in [0.05, 0.1) is 0 Å². The third kappa shape index (κ3) is 5.12. The van der Waals surface area contributed by atoms with Gasteiger partial charge in [0.2, 0.25) is 0 Å². The lowest BCUT2D eigenvalue weighted by atomic mass is 9.94. The minimum atomic E-state index is -1.00. The number of rotatable bonds is 6. The van der Waals surface area contributed by atoms with Gasteiger partial charge in [0.15, 0.2) is 0 Å². The van der Waals surface area contributed by atoms with Crippen LogP contribution in [0.4, 0.5) is 4.79 Å². The molecule has 2 atom stereocenters. The Morgan fingerprint density at radius 3 is 2.03 bits per heavy atom. The lowest BCUT2D eigenvalue weighted by molar-refractivity contribution is -0.141. The van der Waals surface area contributed by atoms with Crippen LogP contribution in [-0.4, -0.2) is 34.7 Å². The number of carboxylic acids is 1. The fourth-order valence-electron chi connectivity index (χ4n) is 4.05. The van der Waals surface area contributed by atoms with Crippen molar-refractivity contribution < 1.29 is 19.4 Å². The van der Waals surface area contributed by atoms with Crippen LogP contribution < -0.4 is 0 Å². The van der Waals surface area contributed by atoms with Crippen LogP contribution in [0.25, 0.3) is 0 Å². The molecule has 0 saturated carbocycles. The van der Waals surface area contributed by atoms with Gasteiger partial charge in [-0.15, -0.1) is 0 Å². The summed E-state index contributed by atoms with van der Waals surface area (Å²) >= 11 is 0. The molecule has 3 aromatic carbocycles. The molecule has 3 aromatic rings. The SMILES string of the molecule is O=C(O)[C@@H]1CC(c2ccc(Cc3ccccc3)cc2)CN1C(=O)OCc1ccccc1. The molecule has 31 heavy (non-hydrogen) atoms. The number of benzene rings is 3. The highest BCUT2D eigenvalue weighted by Gasteiger charge is 2.41. The zero-order valence-corrected chi connectivity index (χ0v) is 17.2. The van der Waals surface area contributed by atoms with Crippen LogP contribution in [-0.2, 0) is 22.6 Å². The fourth-order valence-corrected chi connectivity index (χ4v) is 4.05. The molecule has 1 heterocycles. The molecule has 5 heteroatoms. The Kier molecular flexibility index (Phi) is 6.32. The minimum Gasteiger partial charge on any atom is -0.480 e. The molecular weight excluding hydrogens is 390 g/mol. The van der Waals surface area contributed by atoms with Crippen molar-refractivity contribution in [2.75, 3.05) is 6.54 Å². The van der Waals surface area contributed by atoms with Crippen LogP contribution in [0, 0.1) is 0 Å². The number of carbonyl (C=O) groups is 2. The summed E-state index contributed by atoms with van der Waals surface area (Å²) in [6.07, 6.45) is 0.648. The Balaban J connectivity index is 1.41. The smallest absolute Gasteiger partial charge is 0.410 e. The van der Waals surface area contributed by atoms with E-state index >= 15 is 0 Å². The van der Waals surface area contributed by atoms with Gasteiger partial charge in [-0.3, -0.25) is 4.90 Å². The number of aliphatic carboxylic acids is 1. The molecule has 1 amide bonds. The van der Waals surface area contributed by atoms with Crippen molar-refractivity contribution in [2.24, 2.45) is 0 Å². The van der Waals surface area contributed by atoms with Crippen LogP contribution in [0.3, 0.4) is 0 Å². The van der Waals surface area contributed by atoms with Gasteiger partial charge in [-0.05, 0) is 35.1 Å². The largest absolute Gasteiger partial charge is 0.480 e. The zero-order valence-electron chi connectivity index (χ0n) is 17.2. The van der Waals surface area contributed by atoms with Crippen LogP contribution in [0.5, 0.6) is 0 Å². The number of likely N-dealkylation sites (tertiary alicyclic amines) is 1. The predicted octanol–water partition coefficient (Wildman–Crippen LogP) is 4.86. The number of carboxylic acid groups (broad SMARTS) is 1. The fraction of sp³-hybridized carbons (Fsp3) is 0.231. The molecule has 4 rings (SSSR count). The van der Waals surface area contributed by atoms with E-state index in [0.717, 1.165) is 17.5 Å². The zero-order chi connectivity index (χ0) is 21.6. The summed E-state index contributed by atoms with van der Waals surface area (Å²) in [5, 5.41) is 9.64. The Morgan fingerprint density at radius 1 is 0.839 bits per heavy atom. The summed E-state index contributed by atoms with van der Waals surface area (Å²) in [7, 11) is 0. The van der Waals surface area contributed by atoms with E-state index in [9.17, 15) is 14.7 Å². The Bertz CT molecular complexity index is 1020. The molecule has 5 nitrogen and oxygen atoms in total. The van der Waals surface area contributed by atoms with E-state index in [0.29, 0.717) is 13.0 Å². The lowest BCUT2D eigenvalue weighted by Gasteiger charge is -2.21. The summed E-state index contributed by atoms with van der Waals surface area (Å²) in [4.78, 5) is 25.7. The highest BCUT2D eigenvalue weighted by molar-refractivity contribution is 5.81. The monoisotopic (exact) mass is 415 g/mol. The second-order valence-electron chi connectivity index (χ2n) is 7.88. The van der Waals surface area contributed by atoms with E-state index in [-0.39, 0.29) is 12.5 Å². The molecular formula is C26H25NO4. The normalized spacial score (nSPS) is 18.0. The van der Waals surface area contributed by atoms with Crippen molar-refractivity contribution in [3.05, 3.63) is 107 Å². The Hall–Kier alpha value is -3.60. The second-order valence-corrected chi connectivity index (χ2v) is 7.88. The number of amides is 1. The van der Waals surface area contributed by atoms with E-state index in [1.165, 1.54) is 16.0 Å². The molecule has 1 unspecified atom stereocenters. The molecule has 1 N–H and O–H groups in total. The minimum absolute atomic E-state index is 0.0313. The summed E-state index contributed by atoms with van der Waals surface area (Å²) in [6.45, 7) is 0.462. The molecule has 158 valence electrons. The van der Waals surface area contributed by atoms with Crippen LogP contribution in [0.15, 0.2) is 84.9 Å². The lowest BCUT2D eigenvalue weighted by Crippen LogP contribution is -2.40. The predicted molar refractivity (Wildman–Crippen MR) is 118 cm³/mol. The van der Waals surface area contributed by atoms with Crippen molar-refractivity contribution in [2.45, 2.75) is 31.4 Å². The standard InChI is InChI=1S/C26H25NO4/c28-25(29)24-16-23(17-27(24)26(30)31-18-21-9-5-2-6-10-21)22-13-11-20(12-14-22)15-19-7-3-1-4-8-19/h1-14,23-24H,15-18H2,(H,28,29)/t23?,24-/m0/s1. The van der Waals surface area contributed by atoms with Gasteiger partial charge in [-0.1, -0.05) is 84.9 Å². The first kappa shape index (κ1) is 20.7. The quantitative estimate of drug-likeness (QED) is 0.625. The average molecular weight is 415 g/mol. The van der Waals surface area contributed by atoms with E-state index < -0.39 is 18.1 Å². The molecule has 0 bridgehead atoms. The van der Waals surface area contributed by atoms with Crippen molar-refractivity contribution in [1.82, 2.24) is 4.90 Å². The van der Waals surface area contributed by atoms with E-state index in [1.54, 1.807) is 0 Å². The van der Waals surface area contributed by atoms with Gasteiger partial charge < -0.3 is 9.84 Å². The van der Waals surface area contributed by atoms with E-state index in [4.69, 9.17) is 4.74 Å². The van der Waals surface area contributed by atoms with Crippen LogP contribution in [0.1, 0.15) is 34.6 Å². The van der Waals surface area contributed by atoms with Gasteiger partial charge >= 0.3 is 12.1 Å². The highest BCUT2D eigenvalue weighted by atomic mass is 16.6. The van der Waals surface area contributed by atoms with Crippen LogP contribution in [0.2, 0.25) is 0 Å². The number of hydrogen-bond acceptors (Lipinski definition) is 3. The van der Waals surface area contributed by atoms with Gasteiger partial charge in [0.25, 0.3) is 0 Å². The molecule has 1 aliphatic rings. The molecule has 0 spiro atoms. The maximum absolute atomic E-state index is 12.6. The first-order valence-corrected chi connectivity index (χ1v) is 10.4. The van der Waals surface area contributed by atoms with Crippen molar-refractivity contribution in [3.8, 4) is 0 Å². The topological polar surface area (TPSA) is 66.8 Å². The third-order valence-electron chi connectivity index (χ3n) is 5.73. The molecule has 1 aliphatic heterocycles.